The Hall–Kier alpha value is -2.11. The number of anilines is 1. The molecule has 1 N–H and O–H groups in total. The van der Waals surface area contributed by atoms with E-state index in [1.165, 1.54) is 13.0 Å². The average Bonchev–Trinajstić information content (AvgIpc) is 2.77. The number of hydrogen-bond acceptors (Lipinski definition) is 4. The molecule has 0 aliphatic rings. The van der Waals surface area contributed by atoms with E-state index in [0.717, 1.165) is 0 Å². The molecular weight excluding hydrogens is 246 g/mol. The number of hydrogen-bond donors (Lipinski definition) is 1. The largest absolute Gasteiger partial charge is 0.449 e. The van der Waals surface area contributed by atoms with Crippen LogP contribution >= 0.6 is 0 Å². The Morgan fingerprint density at radius 3 is 2.68 bits per heavy atom. The summed E-state index contributed by atoms with van der Waals surface area (Å²) in [5, 5.41) is 6.78. The molecule has 6 heteroatoms. The van der Waals surface area contributed by atoms with E-state index in [0.29, 0.717) is 5.82 Å². The van der Waals surface area contributed by atoms with Crippen molar-refractivity contribution in [1.29, 1.82) is 0 Å². The van der Waals surface area contributed by atoms with E-state index in [1.54, 1.807) is 29.9 Å². The molecule has 0 aliphatic heterocycles. The van der Waals surface area contributed by atoms with Gasteiger partial charge in [0.1, 0.15) is 5.82 Å². The van der Waals surface area contributed by atoms with E-state index >= 15 is 0 Å². The van der Waals surface area contributed by atoms with Crippen LogP contribution < -0.4 is 5.32 Å². The van der Waals surface area contributed by atoms with Gasteiger partial charge in [-0.05, 0) is 27.7 Å². The number of rotatable bonds is 5. The highest BCUT2D eigenvalue weighted by atomic mass is 16.5. The summed E-state index contributed by atoms with van der Waals surface area (Å²) in [6, 6.07) is 1.82. The first kappa shape index (κ1) is 14.9. The van der Waals surface area contributed by atoms with E-state index in [-0.39, 0.29) is 11.9 Å². The van der Waals surface area contributed by atoms with Crippen LogP contribution in [0.1, 0.15) is 33.7 Å². The molecule has 1 amide bonds. The normalized spacial score (nSPS) is 12.7. The van der Waals surface area contributed by atoms with Gasteiger partial charge in [0, 0.05) is 18.2 Å². The molecule has 0 radical (unpaired) electrons. The molecule has 6 nitrogen and oxygen atoms in total. The molecule has 0 saturated carbocycles. The molecule has 0 saturated heterocycles. The van der Waals surface area contributed by atoms with Crippen molar-refractivity contribution in [2.45, 2.75) is 39.8 Å². The lowest BCUT2D eigenvalue weighted by atomic mass is 10.3. The van der Waals surface area contributed by atoms with Crippen LogP contribution in [0.15, 0.2) is 24.4 Å². The van der Waals surface area contributed by atoms with E-state index in [9.17, 15) is 9.59 Å². The van der Waals surface area contributed by atoms with Crippen molar-refractivity contribution >= 4 is 17.7 Å². The number of carbonyl (C=O) groups excluding carboxylic acids is 2. The van der Waals surface area contributed by atoms with E-state index in [1.807, 2.05) is 13.8 Å². The van der Waals surface area contributed by atoms with Crippen LogP contribution in [0, 0.1) is 0 Å². The zero-order valence-electron chi connectivity index (χ0n) is 11.6. The maximum absolute atomic E-state index is 11.9. The van der Waals surface area contributed by atoms with Crippen LogP contribution in [0.25, 0.3) is 0 Å². The number of nitrogens with zero attached hydrogens (tertiary/aromatic N) is 2. The third kappa shape index (κ3) is 4.24. The van der Waals surface area contributed by atoms with Crippen LogP contribution in [-0.2, 0) is 14.3 Å². The second kappa shape index (κ2) is 6.72. The van der Waals surface area contributed by atoms with Gasteiger partial charge in [-0.25, -0.2) is 9.48 Å². The van der Waals surface area contributed by atoms with Gasteiger partial charge in [0.15, 0.2) is 6.10 Å². The summed E-state index contributed by atoms with van der Waals surface area (Å²) in [5.41, 5.74) is 0. The molecule has 1 aromatic rings. The first-order valence-electron chi connectivity index (χ1n) is 6.13. The van der Waals surface area contributed by atoms with Crippen LogP contribution in [0.4, 0.5) is 5.82 Å². The minimum atomic E-state index is -0.862. The van der Waals surface area contributed by atoms with Crippen molar-refractivity contribution in [3.8, 4) is 0 Å². The monoisotopic (exact) mass is 265 g/mol. The summed E-state index contributed by atoms with van der Waals surface area (Å²) in [6.45, 7) is 7.14. The fourth-order valence-corrected chi connectivity index (χ4v) is 1.46. The van der Waals surface area contributed by atoms with Crippen molar-refractivity contribution in [2.24, 2.45) is 0 Å². The topological polar surface area (TPSA) is 73.2 Å². The lowest BCUT2D eigenvalue weighted by Crippen LogP contribution is -2.30. The van der Waals surface area contributed by atoms with E-state index in [2.05, 4.69) is 10.4 Å². The number of allylic oxidation sites excluding steroid dienone is 1. The Morgan fingerprint density at radius 2 is 2.11 bits per heavy atom. The summed E-state index contributed by atoms with van der Waals surface area (Å²) < 4.78 is 6.61. The third-order valence-corrected chi connectivity index (χ3v) is 2.38. The molecule has 0 spiro atoms. The number of esters is 1. The Bertz CT molecular complexity index is 477. The SMILES string of the molecule is C/C=C/C(=O)O[C@@H](C)C(=O)Nc1ccnn1C(C)C. The molecule has 0 unspecified atom stereocenters. The lowest BCUT2D eigenvalue weighted by Gasteiger charge is -2.15. The van der Waals surface area contributed by atoms with E-state index < -0.39 is 12.1 Å². The molecule has 1 aromatic heterocycles. The van der Waals surface area contributed by atoms with Crippen LogP contribution in [0.2, 0.25) is 0 Å². The molecule has 0 aliphatic carbocycles. The molecule has 1 heterocycles. The second-order valence-electron chi connectivity index (χ2n) is 4.32. The second-order valence-corrected chi connectivity index (χ2v) is 4.32. The minimum absolute atomic E-state index is 0.131. The van der Waals surface area contributed by atoms with Gasteiger partial charge in [-0.15, -0.1) is 0 Å². The average molecular weight is 265 g/mol. The Labute approximate surface area is 112 Å². The molecule has 0 bridgehead atoms. The number of nitrogens with one attached hydrogen (secondary N) is 1. The quantitative estimate of drug-likeness (QED) is 0.652. The summed E-state index contributed by atoms with van der Waals surface area (Å²) in [4.78, 5) is 23.1. The zero-order valence-corrected chi connectivity index (χ0v) is 11.6. The fourth-order valence-electron chi connectivity index (χ4n) is 1.46. The van der Waals surface area contributed by atoms with Gasteiger partial charge in [0.2, 0.25) is 0 Å². The lowest BCUT2D eigenvalue weighted by molar-refractivity contribution is -0.148. The standard InChI is InChI=1S/C13H19N3O3/c1-5-6-12(17)19-10(4)13(18)15-11-7-8-14-16(11)9(2)3/h5-10H,1-4H3,(H,15,18)/b6-5+/t10-/m0/s1. The number of carbonyl (C=O) groups is 2. The summed E-state index contributed by atoms with van der Waals surface area (Å²) >= 11 is 0. The smallest absolute Gasteiger partial charge is 0.331 e. The van der Waals surface area contributed by atoms with Crippen molar-refractivity contribution < 1.29 is 14.3 Å². The van der Waals surface area contributed by atoms with Crippen molar-refractivity contribution in [3.05, 3.63) is 24.4 Å². The molecule has 0 fully saturated rings. The van der Waals surface area contributed by atoms with Gasteiger partial charge >= 0.3 is 5.97 Å². The Morgan fingerprint density at radius 1 is 1.42 bits per heavy atom. The van der Waals surface area contributed by atoms with Crippen molar-refractivity contribution in [2.75, 3.05) is 5.32 Å². The highest BCUT2D eigenvalue weighted by Crippen LogP contribution is 2.13. The molecule has 1 atom stereocenters. The maximum atomic E-state index is 11.9. The van der Waals surface area contributed by atoms with Crippen LogP contribution in [0.5, 0.6) is 0 Å². The molecule has 1 rings (SSSR count). The third-order valence-electron chi connectivity index (χ3n) is 2.38. The number of ether oxygens (including phenoxy) is 1. The molecule has 19 heavy (non-hydrogen) atoms. The van der Waals surface area contributed by atoms with Gasteiger partial charge < -0.3 is 10.1 Å². The van der Waals surface area contributed by atoms with Gasteiger partial charge in [-0.2, -0.15) is 5.10 Å². The minimum Gasteiger partial charge on any atom is -0.449 e. The molecular formula is C13H19N3O3. The first-order chi connectivity index (χ1) is 8.95. The number of aromatic nitrogens is 2. The van der Waals surface area contributed by atoms with Crippen LogP contribution in [0.3, 0.4) is 0 Å². The van der Waals surface area contributed by atoms with Gasteiger partial charge in [0.05, 0.1) is 6.20 Å². The summed E-state index contributed by atoms with van der Waals surface area (Å²) in [7, 11) is 0. The van der Waals surface area contributed by atoms with E-state index in [4.69, 9.17) is 4.74 Å². The van der Waals surface area contributed by atoms with Crippen LogP contribution in [-0.4, -0.2) is 27.8 Å². The van der Waals surface area contributed by atoms with Crippen molar-refractivity contribution in [3.63, 3.8) is 0 Å². The highest BCUT2D eigenvalue weighted by molar-refractivity contribution is 5.95. The Kier molecular flexibility index (Phi) is 5.29. The number of amides is 1. The van der Waals surface area contributed by atoms with Crippen molar-refractivity contribution in [1.82, 2.24) is 9.78 Å². The maximum Gasteiger partial charge on any atom is 0.331 e. The fraction of sp³-hybridized carbons (Fsp3) is 0.462. The predicted octanol–water partition coefficient (Wildman–Crippen LogP) is 1.91. The molecule has 0 aromatic carbocycles. The Balaban J connectivity index is 2.64. The first-order valence-corrected chi connectivity index (χ1v) is 6.13. The summed E-state index contributed by atoms with van der Waals surface area (Å²) in [5.74, 6) is -0.350. The van der Waals surface area contributed by atoms with Gasteiger partial charge in [-0.3, -0.25) is 4.79 Å². The highest BCUT2D eigenvalue weighted by Gasteiger charge is 2.18. The zero-order chi connectivity index (χ0) is 14.4. The predicted molar refractivity (Wildman–Crippen MR) is 71.6 cm³/mol. The van der Waals surface area contributed by atoms with Gasteiger partial charge in [-0.1, -0.05) is 6.08 Å². The molecule has 104 valence electrons. The summed E-state index contributed by atoms with van der Waals surface area (Å²) in [6.07, 6.45) is 3.56. The van der Waals surface area contributed by atoms with Gasteiger partial charge in [0.25, 0.3) is 5.91 Å².